The Bertz CT molecular complexity index is 1440. The summed E-state index contributed by atoms with van der Waals surface area (Å²) in [6.07, 6.45) is 13.0. The van der Waals surface area contributed by atoms with Crippen LogP contribution in [0.4, 0.5) is 0 Å². The lowest BCUT2D eigenvalue weighted by Crippen LogP contribution is -2.28. The fraction of sp³-hybridized carbons (Fsp3) is 0.192. The molecule has 0 aliphatic carbocycles. The summed E-state index contributed by atoms with van der Waals surface area (Å²) in [4.78, 5) is 12.0. The number of phenols is 1. The second-order valence-electron chi connectivity index (χ2n) is 8.02. The molecule has 2 heterocycles. The second-order valence-corrected chi connectivity index (χ2v) is 9.37. The lowest BCUT2D eigenvalue weighted by atomic mass is 10.0. The van der Waals surface area contributed by atoms with E-state index in [1.165, 1.54) is 41.1 Å². The third-order valence-electron chi connectivity index (χ3n) is 5.27. The van der Waals surface area contributed by atoms with Crippen molar-refractivity contribution < 1.29 is 36.7 Å². The normalized spacial score (nSPS) is 11.9. The predicted octanol–water partition coefficient (Wildman–Crippen LogP) is 2.77. The summed E-state index contributed by atoms with van der Waals surface area (Å²) in [5.74, 6) is -0.674. The van der Waals surface area contributed by atoms with Gasteiger partial charge >= 0.3 is 5.97 Å². The van der Waals surface area contributed by atoms with Crippen LogP contribution in [0.5, 0.6) is 5.75 Å². The number of aromatic hydroxyl groups is 1. The molecule has 0 bridgehead atoms. The summed E-state index contributed by atoms with van der Waals surface area (Å²) >= 11 is 0. The summed E-state index contributed by atoms with van der Waals surface area (Å²) < 4.78 is 43.6. The van der Waals surface area contributed by atoms with Gasteiger partial charge in [0, 0.05) is 34.4 Å². The van der Waals surface area contributed by atoms with Gasteiger partial charge in [0.25, 0.3) is 0 Å². The number of benzene rings is 1. The quantitative estimate of drug-likeness (QED) is 0.307. The molecule has 35 heavy (non-hydrogen) atoms. The summed E-state index contributed by atoms with van der Waals surface area (Å²) in [7, 11) is -1.20. The second kappa shape index (κ2) is 10.6. The van der Waals surface area contributed by atoms with Crippen molar-refractivity contribution in [3.63, 3.8) is 0 Å². The lowest BCUT2D eigenvalue weighted by molar-refractivity contribution is -0.673. The zero-order valence-electron chi connectivity index (χ0n) is 19.9. The zero-order chi connectivity index (χ0) is 25.8. The van der Waals surface area contributed by atoms with Gasteiger partial charge in [0.05, 0.1) is 12.2 Å². The number of esters is 1. The minimum Gasteiger partial charge on any atom is -0.744 e. The minimum atomic E-state index is -4.73. The highest BCUT2D eigenvalue weighted by Crippen LogP contribution is 2.29. The highest BCUT2D eigenvalue weighted by molar-refractivity contribution is 7.85. The van der Waals surface area contributed by atoms with Crippen molar-refractivity contribution in [1.82, 2.24) is 0 Å². The number of pyridine rings is 2. The highest BCUT2D eigenvalue weighted by Gasteiger charge is 2.15. The van der Waals surface area contributed by atoms with Crippen LogP contribution in [-0.2, 0) is 29.0 Å². The first-order valence-electron chi connectivity index (χ1n) is 10.8. The Morgan fingerprint density at radius 1 is 0.971 bits per heavy atom. The maximum absolute atomic E-state index is 12.4. The average Bonchev–Trinajstić information content (AvgIpc) is 2.78. The van der Waals surface area contributed by atoms with Crippen LogP contribution in [0, 0.1) is 6.92 Å². The number of aromatic nitrogens is 2. The summed E-state index contributed by atoms with van der Waals surface area (Å²) in [5.41, 5.74) is 2.97. The maximum atomic E-state index is 12.4. The number of carbonyl (C=O) groups is 1. The molecule has 0 spiro atoms. The van der Waals surface area contributed by atoms with Crippen LogP contribution in [0.15, 0.2) is 53.9 Å². The van der Waals surface area contributed by atoms with Crippen molar-refractivity contribution in [2.24, 2.45) is 14.1 Å². The number of ether oxygens (including phenoxy) is 1. The number of hydrogen-bond donors (Lipinski definition) is 1. The molecule has 0 aliphatic heterocycles. The summed E-state index contributed by atoms with van der Waals surface area (Å²) in [6, 6.07) is 6.38. The van der Waals surface area contributed by atoms with Crippen molar-refractivity contribution in [1.29, 1.82) is 0 Å². The van der Waals surface area contributed by atoms with Gasteiger partial charge in [0.2, 0.25) is 0 Å². The van der Waals surface area contributed by atoms with Crippen molar-refractivity contribution in [2.75, 3.05) is 6.61 Å². The van der Waals surface area contributed by atoms with Gasteiger partial charge in [-0.1, -0.05) is 24.3 Å². The fourth-order valence-corrected chi connectivity index (χ4v) is 4.21. The van der Waals surface area contributed by atoms with Crippen LogP contribution in [-0.4, -0.2) is 30.7 Å². The number of phenolic OH excluding ortho intramolecular Hbond substituents is 1. The first-order chi connectivity index (χ1) is 16.5. The van der Waals surface area contributed by atoms with Gasteiger partial charge in [-0.05, 0) is 31.5 Å². The van der Waals surface area contributed by atoms with Crippen molar-refractivity contribution >= 4 is 40.4 Å². The lowest BCUT2D eigenvalue weighted by Gasteiger charge is -2.10. The van der Waals surface area contributed by atoms with Gasteiger partial charge in [-0.2, -0.15) is 0 Å². The first kappa shape index (κ1) is 25.8. The largest absolute Gasteiger partial charge is 0.744 e. The van der Waals surface area contributed by atoms with E-state index < -0.39 is 21.0 Å². The molecule has 8 nitrogen and oxygen atoms in total. The smallest absolute Gasteiger partial charge is 0.338 e. The van der Waals surface area contributed by atoms with Crippen molar-refractivity contribution in [2.45, 2.75) is 18.7 Å². The number of nitrogens with zero attached hydrogens (tertiary/aromatic N) is 2. The minimum absolute atomic E-state index is 0.113. The number of rotatable bonds is 7. The molecule has 3 rings (SSSR count). The molecule has 0 saturated heterocycles. The Balaban J connectivity index is 2.10. The monoisotopic (exact) mass is 495 g/mol. The Morgan fingerprint density at radius 2 is 1.49 bits per heavy atom. The van der Waals surface area contributed by atoms with E-state index in [0.717, 1.165) is 11.1 Å². The molecule has 0 aliphatic rings. The molecule has 9 heteroatoms. The third kappa shape index (κ3) is 6.40. The van der Waals surface area contributed by atoms with E-state index in [0.29, 0.717) is 5.56 Å². The first-order valence-corrected chi connectivity index (χ1v) is 12.2. The standard InChI is InChI=1S/C26H26N2O6S/c1-5-34-26(30)23-14-21(8-6-19-10-12-27(3)16-18(19)2)25(29)22(15-23)9-7-20-11-13-28(4)17-24(20)35(31,32)33/h6-17H,5H2,1-4H3/p+1. The molecule has 1 aromatic carbocycles. The molecule has 0 atom stereocenters. The molecule has 0 radical (unpaired) electrons. The molecule has 182 valence electrons. The van der Waals surface area contributed by atoms with E-state index in [2.05, 4.69) is 0 Å². The number of hydrogen-bond acceptors (Lipinski definition) is 6. The van der Waals surface area contributed by atoms with E-state index in [1.54, 1.807) is 26.2 Å². The van der Waals surface area contributed by atoms with Crippen molar-refractivity contribution in [3.05, 3.63) is 82.4 Å². The summed E-state index contributed by atoms with van der Waals surface area (Å²) in [5, 5.41) is 10.9. The SMILES string of the molecule is CCOC(=O)c1cc(/C=C/c2cc[n+](C)cc2C)c(O)c(/C=C/c2cc[n+](C)cc2S(=O)(=O)[O-])c1. The van der Waals surface area contributed by atoms with Gasteiger partial charge in [-0.15, -0.1) is 0 Å². The molecule has 1 N–H and O–H groups in total. The zero-order valence-corrected chi connectivity index (χ0v) is 20.7. The Morgan fingerprint density at radius 3 is 2.03 bits per heavy atom. The van der Waals surface area contributed by atoms with Gasteiger partial charge < -0.3 is 14.4 Å². The molecular formula is C26H27N2O6S+. The molecular weight excluding hydrogens is 468 g/mol. The Kier molecular flexibility index (Phi) is 7.83. The fourth-order valence-electron chi connectivity index (χ4n) is 3.49. The van der Waals surface area contributed by atoms with Crippen LogP contribution in [0.3, 0.4) is 0 Å². The highest BCUT2D eigenvalue weighted by atomic mass is 32.2. The van der Waals surface area contributed by atoms with Gasteiger partial charge in [-0.3, -0.25) is 0 Å². The van der Waals surface area contributed by atoms with Crippen molar-refractivity contribution in [3.8, 4) is 5.75 Å². The van der Waals surface area contributed by atoms with E-state index in [4.69, 9.17) is 4.74 Å². The average molecular weight is 496 g/mol. The molecule has 3 aromatic rings. The van der Waals surface area contributed by atoms with E-state index >= 15 is 0 Å². The van der Waals surface area contributed by atoms with Crippen LogP contribution in [0.2, 0.25) is 0 Å². The van der Waals surface area contributed by atoms with Gasteiger partial charge in [0.15, 0.2) is 24.8 Å². The van der Waals surface area contributed by atoms with Gasteiger partial charge in [-0.25, -0.2) is 22.3 Å². The predicted molar refractivity (Wildman–Crippen MR) is 130 cm³/mol. The van der Waals surface area contributed by atoms with E-state index in [9.17, 15) is 22.9 Å². The summed E-state index contributed by atoms with van der Waals surface area (Å²) in [6.45, 7) is 3.84. The van der Waals surface area contributed by atoms with E-state index in [1.807, 2.05) is 43.1 Å². The van der Waals surface area contributed by atoms with Crippen LogP contribution in [0.1, 0.15) is 45.1 Å². The molecule has 0 saturated carbocycles. The topological polar surface area (TPSA) is 111 Å². The molecule has 2 aromatic heterocycles. The number of carbonyl (C=O) groups excluding carboxylic acids is 1. The number of aryl methyl sites for hydroxylation is 3. The van der Waals surface area contributed by atoms with Crippen LogP contribution in [0.25, 0.3) is 24.3 Å². The van der Waals surface area contributed by atoms with E-state index in [-0.39, 0.29) is 29.0 Å². The molecule has 0 amide bonds. The maximum Gasteiger partial charge on any atom is 0.338 e. The Hall–Kier alpha value is -3.82. The van der Waals surface area contributed by atoms with Gasteiger partial charge in [0.1, 0.15) is 34.9 Å². The third-order valence-corrected chi connectivity index (χ3v) is 6.15. The Labute approximate surface area is 204 Å². The molecule has 0 unspecified atom stereocenters. The van der Waals surface area contributed by atoms with Crippen LogP contribution < -0.4 is 9.13 Å². The van der Waals surface area contributed by atoms with Crippen LogP contribution >= 0.6 is 0 Å². The molecule has 0 fully saturated rings.